The number of anilines is 1. The summed E-state index contributed by atoms with van der Waals surface area (Å²) in [6.45, 7) is 0. The van der Waals surface area contributed by atoms with Gasteiger partial charge in [-0.1, -0.05) is 0 Å². The molecular weight excluding hydrogens is 196 g/mol. The molecule has 2 heterocycles. The number of aromatic nitrogens is 2. The quantitative estimate of drug-likeness (QED) is 0.499. The summed E-state index contributed by atoms with van der Waals surface area (Å²) in [5, 5.41) is 8.31. The Morgan fingerprint density at radius 2 is 2.31 bits per heavy atom. The van der Waals surface area contributed by atoms with E-state index in [2.05, 4.69) is 21.0 Å². The molecule has 1 aromatic rings. The van der Waals surface area contributed by atoms with Crippen molar-refractivity contribution in [1.82, 2.24) is 15.1 Å². The van der Waals surface area contributed by atoms with Crippen LogP contribution >= 0.6 is 0 Å². The van der Waals surface area contributed by atoms with Crippen LogP contribution in [0.15, 0.2) is 16.5 Å². The molecular formula is C4H6N6O2S. The molecule has 0 saturated heterocycles. The molecule has 0 saturated carbocycles. The van der Waals surface area contributed by atoms with E-state index in [1.807, 2.05) is 0 Å². The van der Waals surface area contributed by atoms with Gasteiger partial charge < -0.3 is 0 Å². The van der Waals surface area contributed by atoms with E-state index in [0.717, 1.165) is 0 Å². The molecule has 4 N–H and O–H groups in total. The second-order valence-electron chi connectivity index (χ2n) is 2.33. The molecule has 2 rings (SSSR count). The average Bonchev–Trinajstić information content (AvgIpc) is 2.45. The molecule has 0 amide bonds. The van der Waals surface area contributed by atoms with Gasteiger partial charge in [-0.15, -0.1) is 5.10 Å². The summed E-state index contributed by atoms with van der Waals surface area (Å²) >= 11 is 0. The SMILES string of the molecule is NS(=O)(=O)c1ncn2c1NNN=C2. The maximum Gasteiger partial charge on any atom is 0.259 e. The monoisotopic (exact) mass is 202 g/mol. The van der Waals surface area contributed by atoms with Crippen LogP contribution < -0.4 is 16.1 Å². The van der Waals surface area contributed by atoms with Gasteiger partial charge in [-0.05, 0) is 0 Å². The van der Waals surface area contributed by atoms with Crippen LogP contribution in [-0.4, -0.2) is 24.3 Å². The van der Waals surface area contributed by atoms with Gasteiger partial charge >= 0.3 is 0 Å². The number of sulfonamides is 1. The van der Waals surface area contributed by atoms with Crippen LogP contribution in [0.2, 0.25) is 0 Å². The van der Waals surface area contributed by atoms with Crippen molar-refractivity contribution in [3.63, 3.8) is 0 Å². The van der Waals surface area contributed by atoms with Crippen molar-refractivity contribution in [1.29, 1.82) is 0 Å². The lowest BCUT2D eigenvalue weighted by atomic mass is 10.7. The maximum atomic E-state index is 11.0. The Hall–Kier alpha value is -1.61. The highest BCUT2D eigenvalue weighted by molar-refractivity contribution is 7.89. The minimum atomic E-state index is -3.80. The number of rotatable bonds is 1. The summed E-state index contributed by atoms with van der Waals surface area (Å²) in [4.78, 5) is 3.63. The maximum absolute atomic E-state index is 11.0. The van der Waals surface area contributed by atoms with Crippen molar-refractivity contribution in [2.45, 2.75) is 5.03 Å². The second kappa shape index (κ2) is 2.44. The number of primary sulfonamides is 1. The Kier molecular flexibility index (Phi) is 1.50. The number of fused-ring (bicyclic) bond motifs is 1. The van der Waals surface area contributed by atoms with Gasteiger partial charge in [-0.25, -0.2) is 24.1 Å². The molecule has 0 fully saturated rings. The summed E-state index contributed by atoms with van der Waals surface area (Å²) in [6.07, 6.45) is 2.67. The molecule has 70 valence electrons. The normalized spacial score (nSPS) is 14.5. The molecule has 1 aliphatic heterocycles. The lowest BCUT2D eigenvalue weighted by Gasteiger charge is -2.11. The van der Waals surface area contributed by atoms with E-state index in [1.54, 1.807) is 0 Å². The average molecular weight is 202 g/mol. The fourth-order valence-corrected chi connectivity index (χ4v) is 1.55. The lowest BCUT2D eigenvalue weighted by molar-refractivity contribution is 0.594. The summed E-state index contributed by atoms with van der Waals surface area (Å²) in [5.41, 5.74) is 4.89. The third-order valence-electron chi connectivity index (χ3n) is 1.45. The van der Waals surface area contributed by atoms with Gasteiger partial charge in [-0.2, -0.15) is 0 Å². The van der Waals surface area contributed by atoms with E-state index in [0.29, 0.717) is 0 Å². The van der Waals surface area contributed by atoms with E-state index in [1.165, 1.54) is 17.2 Å². The lowest BCUT2D eigenvalue weighted by Crippen LogP contribution is -2.25. The zero-order chi connectivity index (χ0) is 9.47. The van der Waals surface area contributed by atoms with Gasteiger partial charge in [0.15, 0.2) is 5.82 Å². The summed E-state index contributed by atoms with van der Waals surface area (Å²) < 4.78 is 23.3. The molecule has 0 atom stereocenters. The predicted molar refractivity (Wildman–Crippen MR) is 44.2 cm³/mol. The highest BCUT2D eigenvalue weighted by Crippen LogP contribution is 2.17. The van der Waals surface area contributed by atoms with Gasteiger partial charge in [0.2, 0.25) is 5.03 Å². The first kappa shape index (κ1) is 8.01. The molecule has 9 heteroatoms. The molecule has 0 aliphatic carbocycles. The summed E-state index contributed by atoms with van der Waals surface area (Å²) in [5.74, 6) is 0.248. The fourth-order valence-electron chi connectivity index (χ4n) is 0.934. The molecule has 0 unspecified atom stereocenters. The highest BCUT2D eigenvalue weighted by atomic mass is 32.2. The zero-order valence-electron chi connectivity index (χ0n) is 6.30. The van der Waals surface area contributed by atoms with E-state index in [4.69, 9.17) is 5.14 Å². The minimum Gasteiger partial charge on any atom is -0.271 e. The number of hydrogen-bond donors (Lipinski definition) is 3. The van der Waals surface area contributed by atoms with Crippen LogP contribution in [0.1, 0.15) is 0 Å². The fraction of sp³-hybridized carbons (Fsp3) is 0. The van der Waals surface area contributed by atoms with E-state index in [9.17, 15) is 8.42 Å². The molecule has 0 aromatic carbocycles. The smallest absolute Gasteiger partial charge is 0.259 e. The molecule has 1 aromatic heterocycles. The molecule has 8 nitrogen and oxygen atoms in total. The third kappa shape index (κ3) is 1.23. The standard InChI is InChI=1S/C4H6N6O2S/c5-13(11,12)4-3-8-9-7-2-10(3)1-6-4/h1-2,8-9H,(H2,5,11,12). The van der Waals surface area contributed by atoms with Crippen molar-refractivity contribution in [2.24, 2.45) is 10.2 Å². The number of hydrazine groups is 1. The van der Waals surface area contributed by atoms with Crippen molar-refractivity contribution >= 4 is 22.2 Å². The van der Waals surface area contributed by atoms with Crippen LogP contribution in [0, 0.1) is 0 Å². The molecule has 0 bridgehead atoms. The number of hydrogen-bond acceptors (Lipinski definition) is 6. The van der Waals surface area contributed by atoms with Crippen molar-refractivity contribution in [3.8, 4) is 0 Å². The Bertz CT molecular complexity index is 459. The predicted octanol–water partition coefficient (Wildman–Crippen LogP) is -1.75. The first-order valence-corrected chi connectivity index (χ1v) is 4.77. The number of nitrogens with one attached hydrogen (secondary N) is 2. The second-order valence-corrected chi connectivity index (χ2v) is 3.81. The van der Waals surface area contributed by atoms with Gasteiger partial charge in [0, 0.05) is 0 Å². The minimum absolute atomic E-state index is 0.217. The van der Waals surface area contributed by atoms with Gasteiger partial charge in [0.25, 0.3) is 10.0 Å². The number of nitrogens with two attached hydrogens (primary N) is 1. The van der Waals surface area contributed by atoms with Crippen molar-refractivity contribution in [2.75, 3.05) is 5.43 Å². The van der Waals surface area contributed by atoms with Crippen LogP contribution in [0.5, 0.6) is 0 Å². The highest BCUT2D eigenvalue weighted by Gasteiger charge is 2.21. The Balaban J connectivity index is 2.63. The van der Waals surface area contributed by atoms with Crippen LogP contribution in [-0.2, 0) is 10.0 Å². The number of nitrogens with zero attached hydrogens (tertiary/aromatic N) is 3. The summed E-state index contributed by atoms with van der Waals surface area (Å²) in [6, 6.07) is 0. The van der Waals surface area contributed by atoms with Gasteiger partial charge in [0.05, 0.1) is 0 Å². The summed E-state index contributed by atoms with van der Waals surface area (Å²) in [7, 11) is -3.80. The largest absolute Gasteiger partial charge is 0.271 e. The molecule has 1 aliphatic rings. The Morgan fingerprint density at radius 3 is 3.00 bits per heavy atom. The topological polar surface area (TPSA) is 114 Å². The third-order valence-corrected chi connectivity index (χ3v) is 2.29. The van der Waals surface area contributed by atoms with Crippen LogP contribution in [0.25, 0.3) is 0 Å². The van der Waals surface area contributed by atoms with Crippen LogP contribution in [0.4, 0.5) is 5.82 Å². The zero-order valence-corrected chi connectivity index (χ0v) is 7.11. The van der Waals surface area contributed by atoms with Crippen LogP contribution in [0.3, 0.4) is 0 Å². The first-order valence-electron chi connectivity index (χ1n) is 3.23. The number of hydrazone groups is 1. The van der Waals surface area contributed by atoms with Gasteiger partial charge in [-0.3, -0.25) is 9.99 Å². The van der Waals surface area contributed by atoms with E-state index >= 15 is 0 Å². The first-order chi connectivity index (χ1) is 6.09. The van der Waals surface area contributed by atoms with Crippen molar-refractivity contribution < 1.29 is 8.42 Å². The van der Waals surface area contributed by atoms with Gasteiger partial charge in [0.1, 0.15) is 12.7 Å². The molecule has 0 spiro atoms. The Morgan fingerprint density at radius 1 is 1.54 bits per heavy atom. The Labute approximate surface area is 73.5 Å². The van der Waals surface area contributed by atoms with E-state index in [-0.39, 0.29) is 10.8 Å². The molecule has 13 heavy (non-hydrogen) atoms. The molecule has 0 radical (unpaired) electrons. The number of imidazole rings is 1. The van der Waals surface area contributed by atoms with Crippen molar-refractivity contribution in [3.05, 3.63) is 6.33 Å². The van der Waals surface area contributed by atoms with E-state index < -0.39 is 10.0 Å².